The number of anilines is 2. The molecule has 0 fully saturated rings. The molecular weight excluding hydrogens is 617 g/mol. The number of nitrogens with one attached hydrogen (secondary N) is 2. The first kappa shape index (κ1) is 30.1. The zero-order chi connectivity index (χ0) is 31.8. The molecule has 0 saturated heterocycles. The summed E-state index contributed by atoms with van der Waals surface area (Å²) in [6, 6.07) is 2.62. The minimum absolute atomic E-state index is 0.142. The highest BCUT2D eigenvalue weighted by atomic mass is 35.5. The van der Waals surface area contributed by atoms with E-state index < -0.39 is 35.4 Å². The van der Waals surface area contributed by atoms with Crippen molar-refractivity contribution in [1.29, 1.82) is 0 Å². The Hall–Kier alpha value is -4.99. The summed E-state index contributed by atoms with van der Waals surface area (Å²) in [4.78, 5) is 48.0. The molecule has 0 radical (unpaired) electrons. The van der Waals surface area contributed by atoms with E-state index in [1.807, 2.05) is 0 Å². The maximum atomic E-state index is 14.8. The first-order valence-corrected chi connectivity index (χ1v) is 14.4. The summed E-state index contributed by atoms with van der Waals surface area (Å²) in [5.74, 6) is -4.03. The van der Waals surface area contributed by atoms with E-state index in [2.05, 4.69) is 30.8 Å². The lowest BCUT2D eigenvalue weighted by Gasteiger charge is -2.19. The van der Waals surface area contributed by atoms with Gasteiger partial charge in [-0.25, -0.2) is 37.0 Å². The molecule has 45 heavy (non-hydrogen) atoms. The zero-order valence-corrected chi connectivity index (χ0v) is 24.6. The van der Waals surface area contributed by atoms with Gasteiger partial charge in [0.1, 0.15) is 18.0 Å². The van der Waals surface area contributed by atoms with Crippen LogP contribution in [0.5, 0.6) is 0 Å². The molecule has 3 aromatic heterocycles. The van der Waals surface area contributed by atoms with E-state index in [0.29, 0.717) is 54.7 Å². The number of aromatic nitrogens is 8. The number of nitrogens with zero attached hydrogens (tertiary/aromatic N) is 8. The van der Waals surface area contributed by atoms with Crippen LogP contribution in [0.2, 0.25) is 5.02 Å². The van der Waals surface area contributed by atoms with Gasteiger partial charge in [-0.2, -0.15) is 15.2 Å². The fraction of sp³-hybridized carbons (Fsp3) is 0.321. The van der Waals surface area contributed by atoms with Crippen molar-refractivity contribution < 1.29 is 18.0 Å². The van der Waals surface area contributed by atoms with Crippen molar-refractivity contribution in [3.05, 3.63) is 91.1 Å². The van der Waals surface area contributed by atoms with E-state index in [9.17, 15) is 27.6 Å². The smallest absolute Gasteiger partial charge is 0.355 e. The minimum Gasteiger partial charge on any atom is -0.356 e. The summed E-state index contributed by atoms with van der Waals surface area (Å²) >= 11 is 6.71. The average Bonchev–Trinajstić information content (AvgIpc) is 3.59. The number of carbonyl (C=O) groups is 1. The summed E-state index contributed by atoms with van der Waals surface area (Å²) in [5.41, 5.74) is -0.702. The molecule has 17 heteroatoms. The second kappa shape index (κ2) is 12.2. The lowest BCUT2D eigenvalue weighted by molar-refractivity contribution is -0.121. The lowest BCUT2D eigenvalue weighted by Crippen LogP contribution is -2.43. The number of benzene rings is 2. The Morgan fingerprint density at radius 2 is 1.82 bits per heavy atom. The fourth-order valence-electron chi connectivity index (χ4n) is 5.29. The van der Waals surface area contributed by atoms with Gasteiger partial charge >= 0.3 is 11.4 Å². The van der Waals surface area contributed by atoms with Crippen LogP contribution < -0.4 is 22.0 Å². The van der Waals surface area contributed by atoms with Crippen molar-refractivity contribution in [2.45, 2.75) is 45.3 Å². The summed E-state index contributed by atoms with van der Waals surface area (Å²) in [6.45, 7) is -0.331. The number of hydrogen-bond acceptors (Lipinski definition) is 8. The summed E-state index contributed by atoms with van der Waals surface area (Å²) in [6.07, 6.45) is 4.54. The van der Waals surface area contributed by atoms with Crippen LogP contribution in [0.3, 0.4) is 0 Å². The van der Waals surface area contributed by atoms with E-state index in [0.717, 1.165) is 14.5 Å². The lowest BCUT2D eigenvalue weighted by atomic mass is 10.0. The predicted molar refractivity (Wildman–Crippen MR) is 157 cm³/mol. The van der Waals surface area contributed by atoms with Crippen molar-refractivity contribution >= 4 is 40.0 Å². The van der Waals surface area contributed by atoms with Gasteiger partial charge in [0.15, 0.2) is 11.6 Å². The number of rotatable bonds is 2. The van der Waals surface area contributed by atoms with Gasteiger partial charge in [0.2, 0.25) is 11.9 Å². The molecule has 0 aliphatic carbocycles. The summed E-state index contributed by atoms with van der Waals surface area (Å²) < 4.78 is 47.5. The number of hydrogen-bond donors (Lipinski definition) is 2. The molecule has 5 aromatic rings. The second-order valence-corrected chi connectivity index (χ2v) is 11.0. The van der Waals surface area contributed by atoms with Crippen molar-refractivity contribution in [1.82, 2.24) is 44.0 Å². The van der Waals surface area contributed by atoms with E-state index in [1.54, 1.807) is 24.0 Å². The van der Waals surface area contributed by atoms with Gasteiger partial charge in [-0.3, -0.25) is 14.0 Å². The van der Waals surface area contributed by atoms with Gasteiger partial charge in [-0.05, 0) is 37.0 Å². The van der Waals surface area contributed by atoms with Crippen LogP contribution >= 0.6 is 11.6 Å². The van der Waals surface area contributed by atoms with Gasteiger partial charge in [-0.1, -0.05) is 11.6 Å². The molecule has 2 aliphatic heterocycles. The molecule has 0 saturated carbocycles. The Bertz CT molecular complexity index is 2070. The standard InChI is InChI=1S/C28H26ClF3N10O3/c1-39-12-17-16-4-2-6-33-24(43)5-3-7-42-23(34-14-35-42)13-41-27(44)37-26(36-25(16)18(29)9-22(17)38-39)40(28(41)45)11-15-8-20(31)21(32)10-19(15)30/h8-10,12,14H,2-7,11,13H2,1H3,(H,33,43)(H,36,37,44). The molecule has 0 atom stereocenters. The van der Waals surface area contributed by atoms with Gasteiger partial charge in [-0.15, -0.1) is 0 Å². The molecule has 13 nitrogen and oxygen atoms in total. The molecule has 234 valence electrons. The zero-order valence-electron chi connectivity index (χ0n) is 23.9. The number of fused-ring (bicyclic) bond motifs is 10. The van der Waals surface area contributed by atoms with Crippen LogP contribution in [-0.2, 0) is 37.9 Å². The number of carbonyl (C=O) groups excluding carboxylic acids is 1. The van der Waals surface area contributed by atoms with Crippen LogP contribution in [0.15, 0.2) is 40.3 Å². The topological polar surface area (TPSA) is 147 Å². The predicted octanol–water partition coefficient (Wildman–Crippen LogP) is 2.64. The van der Waals surface area contributed by atoms with E-state index in [-0.39, 0.29) is 47.8 Å². The van der Waals surface area contributed by atoms with Crippen molar-refractivity contribution in [3.8, 4) is 0 Å². The molecule has 0 spiro atoms. The van der Waals surface area contributed by atoms with Crippen LogP contribution in [0.1, 0.15) is 36.2 Å². The third-order valence-electron chi connectivity index (χ3n) is 7.49. The SMILES string of the molecule is Cn1cc2c3c(c(Cl)cc2n1)Nc1nc(=O)n(c(=O)n1Cc1cc(F)c(F)cc1F)Cc1ncnn1CCCC(=O)NCCC3. The summed E-state index contributed by atoms with van der Waals surface area (Å²) in [5, 5.41) is 15.4. The molecule has 7 rings (SSSR count). The Morgan fingerprint density at radius 1 is 1.02 bits per heavy atom. The monoisotopic (exact) mass is 642 g/mol. The molecule has 2 aliphatic rings. The third kappa shape index (κ3) is 6.05. The van der Waals surface area contributed by atoms with Crippen LogP contribution in [0, 0.1) is 17.5 Å². The molecule has 0 unspecified atom stereocenters. The first-order valence-electron chi connectivity index (χ1n) is 14.0. The maximum absolute atomic E-state index is 14.8. The molecule has 2 N–H and O–H groups in total. The summed E-state index contributed by atoms with van der Waals surface area (Å²) in [7, 11) is 1.74. The Morgan fingerprint density at radius 3 is 2.64 bits per heavy atom. The van der Waals surface area contributed by atoms with Gasteiger partial charge in [0.25, 0.3) is 0 Å². The van der Waals surface area contributed by atoms with Crippen LogP contribution in [0.4, 0.5) is 24.8 Å². The molecule has 5 heterocycles. The first-order chi connectivity index (χ1) is 21.6. The average molecular weight is 643 g/mol. The number of aryl methyl sites for hydroxylation is 3. The van der Waals surface area contributed by atoms with Crippen LogP contribution in [-0.4, -0.2) is 51.1 Å². The van der Waals surface area contributed by atoms with Gasteiger partial charge in [0.05, 0.1) is 29.3 Å². The Labute approximate surface area is 257 Å². The second-order valence-electron chi connectivity index (χ2n) is 10.6. The molecule has 2 bridgehead atoms. The largest absolute Gasteiger partial charge is 0.356 e. The Balaban J connectivity index is 1.54. The third-order valence-corrected chi connectivity index (χ3v) is 7.78. The fourth-order valence-corrected chi connectivity index (χ4v) is 5.55. The Kier molecular flexibility index (Phi) is 8.14. The van der Waals surface area contributed by atoms with E-state index in [1.165, 1.54) is 11.0 Å². The van der Waals surface area contributed by atoms with Gasteiger partial charge < -0.3 is 10.6 Å². The van der Waals surface area contributed by atoms with E-state index >= 15 is 0 Å². The quantitative estimate of drug-likeness (QED) is 0.280. The van der Waals surface area contributed by atoms with Crippen molar-refractivity contribution in [2.24, 2.45) is 7.05 Å². The minimum atomic E-state index is -1.39. The molecular formula is C28H26ClF3N10O3. The van der Waals surface area contributed by atoms with Crippen molar-refractivity contribution in [2.75, 3.05) is 11.9 Å². The molecule has 2 aromatic carbocycles. The number of amides is 1. The highest BCUT2D eigenvalue weighted by Gasteiger charge is 2.22. The molecule has 1 amide bonds. The van der Waals surface area contributed by atoms with E-state index in [4.69, 9.17) is 11.6 Å². The normalized spacial score (nSPS) is 14.4. The highest BCUT2D eigenvalue weighted by Crippen LogP contribution is 2.35. The highest BCUT2D eigenvalue weighted by molar-refractivity contribution is 6.34. The van der Waals surface area contributed by atoms with Gasteiger partial charge in [0, 0.05) is 49.8 Å². The maximum Gasteiger partial charge on any atom is 0.355 e. The van der Waals surface area contributed by atoms with Crippen molar-refractivity contribution in [3.63, 3.8) is 0 Å². The number of halogens is 4. The van der Waals surface area contributed by atoms with Crippen LogP contribution in [0.25, 0.3) is 10.9 Å².